The Morgan fingerprint density at radius 2 is 1.66 bits per heavy atom. The Labute approximate surface area is 171 Å². The van der Waals surface area contributed by atoms with Gasteiger partial charge >= 0.3 is 0 Å². The summed E-state index contributed by atoms with van der Waals surface area (Å²) in [6, 6.07) is 16.7. The predicted molar refractivity (Wildman–Crippen MR) is 109 cm³/mol. The summed E-state index contributed by atoms with van der Waals surface area (Å²) >= 11 is 0. The van der Waals surface area contributed by atoms with E-state index in [4.69, 9.17) is 0 Å². The van der Waals surface area contributed by atoms with Crippen molar-refractivity contribution in [1.82, 2.24) is 9.80 Å². The molecule has 2 fully saturated rings. The van der Waals surface area contributed by atoms with Crippen LogP contribution in [0.1, 0.15) is 30.4 Å². The summed E-state index contributed by atoms with van der Waals surface area (Å²) in [5, 5.41) is 0. The van der Waals surface area contributed by atoms with E-state index < -0.39 is 0 Å². The summed E-state index contributed by atoms with van der Waals surface area (Å²) < 4.78 is 13.1. The highest BCUT2D eigenvalue weighted by Gasteiger charge is 2.37. The number of halogens is 1. The van der Waals surface area contributed by atoms with Crippen LogP contribution in [0.4, 0.5) is 4.39 Å². The van der Waals surface area contributed by atoms with E-state index in [-0.39, 0.29) is 30.0 Å². The summed E-state index contributed by atoms with van der Waals surface area (Å²) in [5.41, 5.74) is 2.24. The Hall–Kier alpha value is -2.69. The molecule has 5 heteroatoms. The molecule has 0 unspecified atom stereocenters. The van der Waals surface area contributed by atoms with Crippen molar-refractivity contribution in [3.63, 3.8) is 0 Å². The van der Waals surface area contributed by atoms with Crippen LogP contribution in [0.5, 0.6) is 0 Å². The lowest BCUT2D eigenvalue weighted by molar-refractivity contribution is -0.137. The van der Waals surface area contributed by atoms with Crippen LogP contribution in [-0.4, -0.2) is 41.2 Å². The van der Waals surface area contributed by atoms with Gasteiger partial charge < -0.3 is 9.80 Å². The van der Waals surface area contributed by atoms with E-state index in [1.807, 2.05) is 11.0 Å². The zero-order valence-corrected chi connectivity index (χ0v) is 16.6. The number of hydrogen-bond acceptors (Lipinski definition) is 2. The fraction of sp³-hybridized carbons (Fsp3) is 0.417. The first-order valence-electron chi connectivity index (χ1n) is 10.4. The largest absolute Gasteiger partial charge is 0.342 e. The van der Waals surface area contributed by atoms with Gasteiger partial charge in [0.25, 0.3) is 0 Å². The van der Waals surface area contributed by atoms with Gasteiger partial charge in [-0.25, -0.2) is 4.39 Å². The number of hydrogen-bond donors (Lipinski definition) is 0. The summed E-state index contributed by atoms with van der Waals surface area (Å²) in [5.74, 6) is 0.185. The van der Waals surface area contributed by atoms with Crippen LogP contribution in [0.25, 0.3) is 0 Å². The van der Waals surface area contributed by atoms with Gasteiger partial charge in [-0.3, -0.25) is 9.59 Å². The molecule has 2 aliphatic heterocycles. The third-order valence-corrected chi connectivity index (χ3v) is 6.14. The normalized spacial score (nSPS) is 20.3. The molecule has 0 N–H and O–H groups in total. The molecule has 0 aliphatic carbocycles. The van der Waals surface area contributed by atoms with E-state index >= 15 is 0 Å². The molecule has 4 rings (SSSR count). The molecular weight excluding hydrogens is 367 g/mol. The average molecular weight is 394 g/mol. The number of piperidine rings is 1. The zero-order valence-electron chi connectivity index (χ0n) is 16.6. The highest BCUT2D eigenvalue weighted by Crippen LogP contribution is 2.26. The van der Waals surface area contributed by atoms with E-state index in [0.717, 1.165) is 37.9 Å². The van der Waals surface area contributed by atoms with Crippen molar-refractivity contribution < 1.29 is 14.0 Å². The summed E-state index contributed by atoms with van der Waals surface area (Å²) in [4.78, 5) is 29.0. The number of likely N-dealkylation sites (tertiary alicyclic amines) is 2. The maximum absolute atomic E-state index is 13.1. The molecule has 0 saturated carbocycles. The fourth-order valence-electron chi connectivity index (χ4n) is 4.46. The van der Waals surface area contributed by atoms with Crippen molar-refractivity contribution in [2.75, 3.05) is 19.6 Å². The Morgan fingerprint density at radius 3 is 2.34 bits per heavy atom. The van der Waals surface area contributed by atoms with Crippen molar-refractivity contribution in [2.24, 2.45) is 11.8 Å². The van der Waals surface area contributed by atoms with Crippen molar-refractivity contribution in [1.29, 1.82) is 0 Å². The van der Waals surface area contributed by atoms with Gasteiger partial charge in [0, 0.05) is 32.6 Å². The minimum atomic E-state index is -0.287. The van der Waals surface area contributed by atoms with Crippen LogP contribution in [0, 0.1) is 17.7 Å². The first kappa shape index (κ1) is 19.6. The lowest BCUT2D eigenvalue weighted by Gasteiger charge is -2.33. The van der Waals surface area contributed by atoms with Gasteiger partial charge in [-0.05, 0) is 48.4 Å². The Kier molecular flexibility index (Phi) is 5.93. The van der Waals surface area contributed by atoms with Crippen LogP contribution in [0.2, 0.25) is 0 Å². The number of nitrogens with zero attached hydrogens (tertiary/aromatic N) is 2. The lowest BCUT2D eigenvalue weighted by Crippen LogP contribution is -2.42. The van der Waals surface area contributed by atoms with E-state index in [1.54, 1.807) is 17.0 Å². The Bertz CT molecular complexity index is 845. The zero-order chi connectivity index (χ0) is 20.2. The van der Waals surface area contributed by atoms with E-state index in [0.29, 0.717) is 19.0 Å². The molecule has 0 aromatic heterocycles. The van der Waals surface area contributed by atoms with Crippen LogP contribution < -0.4 is 0 Å². The van der Waals surface area contributed by atoms with Gasteiger partial charge in [0.15, 0.2) is 0 Å². The van der Waals surface area contributed by atoms with Gasteiger partial charge in [-0.2, -0.15) is 0 Å². The Morgan fingerprint density at radius 1 is 0.966 bits per heavy atom. The fourth-order valence-corrected chi connectivity index (χ4v) is 4.46. The average Bonchev–Trinajstić information content (AvgIpc) is 3.11. The molecule has 152 valence electrons. The van der Waals surface area contributed by atoms with E-state index in [9.17, 15) is 14.0 Å². The van der Waals surface area contributed by atoms with Crippen molar-refractivity contribution in [2.45, 2.75) is 32.2 Å². The van der Waals surface area contributed by atoms with Gasteiger partial charge in [-0.15, -0.1) is 0 Å². The number of carbonyl (C=O) groups excluding carboxylic acids is 2. The monoisotopic (exact) mass is 394 g/mol. The minimum absolute atomic E-state index is 0.00615. The highest BCUT2D eigenvalue weighted by atomic mass is 19.1. The standard InChI is InChI=1S/C24H27FN2O2/c25-22-8-6-20(7-9-22)16-27-17-21(15-23(27)28)24(29)26-12-10-19(11-13-26)14-18-4-2-1-3-5-18/h1-9,19,21H,10-17H2/t21-/m1/s1. The lowest BCUT2D eigenvalue weighted by atomic mass is 9.89. The van der Waals surface area contributed by atoms with Gasteiger partial charge in [0.2, 0.25) is 11.8 Å². The summed E-state index contributed by atoms with van der Waals surface area (Å²) in [6.45, 7) is 2.44. The number of rotatable bonds is 5. The molecule has 2 heterocycles. The van der Waals surface area contributed by atoms with Gasteiger partial charge in [0.05, 0.1) is 5.92 Å². The third-order valence-electron chi connectivity index (χ3n) is 6.14. The van der Waals surface area contributed by atoms with E-state index in [2.05, 4.69) is 24.3 Å². The van der Waals surface area contributed by atoms with Gasteiger partial charge in [-0.1, -0.05) is 42.5 Å². The van der Waals surface area contributed by atoms with Crippen LogP contribution in [0.15, 0.2) is 54.6 Å². The third kappa shape index (κ3) is 4.84. The molecule has 1 atom stereocenters. The minimum Gasteiger partial charge on any atom is -0.342 e. The highest BCUT2D eigenvalue weighted by molar-refractivity contribution is 5.89. The molecular formula is C24H27FN2O2. The molecule has 2 aliphatic rings. The number of amides is 2. The molecule has 0 radical (unpaired) electrons. The van der Waals surface area contributed by atoms with Crippen LogP contribution in [-0.2, 0) is 22.6 Å². The van der Waals surface area contributed by atoms with E-state index in [1.165, 1.54) is 17.7 Å². The molecule has 2 saturated heterocycles. The van der Waals surface area contributed by atoms with Crippen LogP contribution in [0.3, 0.4) is 0 Å². The molecule has 29 heavy (non-hydrogen) atoms. The maximum Gasteiger partial charge on any atom is 0.227 e. The Balaban J connectivity index is 1.28. The maximum atomic E-state index is 13.1. The smallest absolute Gasteiger partial charge is 0.227 e. The molecule has 2 aromatic rings. The van der Waals surface area contributed by atoms with Crippen LogP contribution >= 0.6 is 0 Å². The number of carbonyl (C=O) groups is 2. The molecule has 4 nitrogen and oxygen atoms in total. The van der Waals surface area contributed by atoms with Crippen molar-refractivity contribution in [3.8, 4) is 0 Å². The second-order valence-electron chi connectivity index (χ2n) is 8.26. The molecule has 0 bridgehead atoms. The van der Waals surface area contributed by atoms with Crippen molar-refractivity contribution >= 4 is 11.8 Å². The molecule has 0 spiro atoms. The predicted octanol–water partition coefficient (Wildman–Crippen LogP) is 3.66. The number of benzene rings is 2. The second kappa shape index (κ2) is 8.76. The van der Waals surface area contributed by atoms with Gasteiger partial charge in [0.1, 0.15) is 5.82 Å². The summed E-state index contributed by atoms with van der Waals surface area (Å²) in [6.07, 6.45) is 3.38. The first-order valence-corrected chi connectivity index (χ1v) is 10.4. The topological polar surface area (TPSA) is 40.6 Å². The second-order valence-corrected chi connectivity index (χ2v) is 8.26. The quantitative estimate of drug-likeness (QED) is 0.777. The molecule has 2 aromatic carbocycles. The van der Waals surface area contributed by atoms with Crippen molar-refractivity contribution in [3.05, 3.63) is 71.5 Å². The molecule has 2 amide bonds. The summed E-state index contributed by atoms with van der Waals surface area (Å²) in [7, 11) is 0. The first-order chi connectivity index (χ1) is 14.1. The SMILES string of the molecule is O=C1C[C@@H](C(=O)N2CCC(Cc3ccccc3)CC2)CN1Cc1ccc(F)cc1.